The smallest absolute Gasteiger partial charge is 0.160 e. The molecule has 4 heteroatoms. The van der Waals surface area contributed by atoms with Crippen LogP contribution >= 0.6 is 0 Å². The number of methoxy groups -OCH3 is 3. The second kappa shape index (κ2) is 8.25. The molecule has 1 aromatic rings. The highest BCUT2D eigenvalue weighted by Crippen LogP contribution is 2.27. The summed E-state index contributed by atoms with van der Waals surface area (Å²) in [7, 11) is 5.18. The Morgan fingerprint density at radius 2 is 1.81 bits per heavy atom. The molecule has 1 aliphatic rings. The lowest BCUT2D eigenvalue weighted by Crippen LogP contribution is -2.93. The zero-order valence-corrected chi connectivity index (χ0v) is 13.4. The average molecular weight is 294 g/mol. The van der Waals surface area contributed by atoms with Gasteiger partial charge in [-0.25, -0.2) is 0 Å². The number of ether oxygens (including phenoxy) is 3. The molecular formula is C17H28NO3+. The normalized spacial score (nSPS) is 22.0. The molecule has 1 fully saturated rings. The predicted octanol–water partition coefficient (Wildman–Crippen LogP) is 1.77. The minimum absolute atomic E-state index is 0.421. The quantitative estimate of drug-likeness (QED) is 0.833. The van der Waals surface area contributed by atoms with Gasteiger partial charge in [0.1, 0.15) is 12.1 Å². The largest absolute Gasteiger partial charge is 0.493 e. The lowest BCUT2D eigenvalue weighted by atomic mass is 9.92. The van der Waals surface area contributed by atoms with Crippen molar-refractivity contribution in [3.63, 3.8) is 0 Å². The van der Waals surface area contributed by atoms with Crippen LogP contribution in [0.3, 0.4) is 0 Å². The van der Waals surface area contributed by atoms with E-state index in [4.69, 9.17) is 14.2 Å². The van der Waals surface area contributed by atoms with Crippen LogP contribution in [0.2, 0.25) is 0 Å². The lowest BCUT2D eigenvalue weighted by Gasteiger charge is -2.28. The SMILES string of the molecule is COc1ccc(CC[NH2+][C@@H]2CCCC[C@@H]2OC)cc1OC. The fourth-order valence-corrected chi connectivity index (χ4v) is 3.19. The minimum Gasteiger partial charge on any atom is -0.493 e. The minimum atomic E-state index is 0.421. The summed E-state index contributed by atoms with van der Waals surface area (Å²) in [6.07, 6.45) is 6.56. The number of benzene rings is 1. The van der Waals surface area contributed by atoms with Crippen LogP contribution in [0, 0.1) is 0 Å². The maximum atomic E-state index is 5.61. The predicted molar refractivity (Wildman–Crippen MR) is 83.1 cm³/mol. The summed E-state index contributed by atoms with van der Waals surface area (Å²) in [5, 5.41) is 2.45. The molecule has 0 spiro atoms. The van der Waals surface area contributed by atoms with E-state index in [1.165, 1.54) is 31.2 Å². The molecule has 2 N–H and O–H groups in total. The zero-order chi connectivity index (χ0) is 15.1. The van der Waals surface area contributed by atoms with E-state index in [2.05, 4.69) is 17.4 Å². The molecule has 0 unspecified atom stereocenters. The first kappa shape index (κ1) is 16.1. The van der Waals surface area contributed by atoms with Crippen LogP contribution < -0.4 is 14.8 Å². The fraction of sp³-hybridized carbons (Fsp3) is 0.647. The second-order valence-corrected chi connectivity index (χ2v) is 5.69. The number of quaternary nitrogens is 1. The fourth-order valence-electron chi connectivity index (χ4n) is 3.19. The van der Waals surface area contributed by atoms with E-state index in [1.54, 1.807) is 14.2 Å². The average Bonchev–Trinajstić information content (AvgIpc) is 2.55. The first-order chi connectivity index (χ1) is 10.3. The summed E-state index contributed by atoms with van der Waals surface area (Å²) in [6, 6.07) is 6.78. The van der Waals surface area contributed by atoms with Gasteiger partial charge in [-0.15, -0.1) is 0 Å². The lowest BCUT2D eigenvalue weighted by molar-refractivity contribution is -0.698. The van der Waals surface area contributed by atoms with E-state index in [0.29, 0.717) is 12.1 Å². The number of hydrogen-bond donors (Lipinski definition) is 1. The van der Waals surface area contributed by atoms with Crippen molar-refractivity contribution in [2.24, 2.45) is 0 Å². The van der Waals surface area contributed by atoms with Gasteiger partial charge in [0.25, 0.3) is 0 Å². The van der Waals surface area contributed by atoms with E-state index in [9.17, 15) is 0 Å². The zero-order valence-electron chi connectivity index (χ0n) is 13.4. The van der Waals surface area contributed by atoms with Gasteiger partial charge in [-0.1, -0.05) is 12.5 Å². The van der Waals surface area contributed by atoms with Gasteiger partial charge in [0.15, 0.2) is 11.5 Å². The Morgan fingerprint density at radius 1 is 1.05 bits per heavy atom. The Balaban J connectivity index is 1.85. The molecule has 0 aromatic heterocycles. The summed E-state index contributed by atoms with van der Waals surface area (Å²) in [5.41, 5.74) is 1.29. The third-order valence-electron chi connectivity index (χ3n) is 4.41. The topological polar surface area (TPSA) is 44.3 Å². The molecule has 0 amide bonds. The van der Waals surface area contributed by atoms with Gasteiger partial charge in [-0.2, -0.15) is 0 Å². The molecule has 2 atom stereocenters. The van der Waals surface area contributed by atoms with Crippen LogP contribution in [-0.4, -0.2) is 40.0 Å². The van der Waals surface area contributed by atoms with Crippen LogP contribution in [0.5, 0.6) is 11.5 Å². The van der Waals surface area contributed by atoms with E-state index in [1.807, 2.05) is 13.2 Å². The van der Waals surface area contributed by atoms with E-state index in [0.717, 1.165) is 24.5 Å². The Labute approximate surface area is 127 Å². The number of rotatable bonds is 7. The van der Waals surface area contributed by atoms with Gasteiger partial charge < -0.3 is 19.5 Å². The maximum absolute atomic E-state index is 5.61. The molecule has 1 saturated carbocycles. The molecule has 0 radical (unpaired) electrons. The standard InChI is InChI=1S/C17H27NO3/c1-19-15-7-5-4-6-14(15)18-11-10-13-8-9-16(20-2)17(12-13)21-3/h8-9,12,14-15,18H,4-7,10-11H2,1-3H3/p+1/t14-,15+/m1/s1. The second-order valence-electron chi connectivity index (χ2n) is 5.69. The van der Waals surface area contributed by atoms with E-state index in [-0.39, 0.29) is 0 Å². The van der Waals surface area contributed by atoms with Crippen molar-refractivity contribution in [2.45, 2.75) is 44.2 Å². The molecule has 21 heavy (non-hydrogen) atoms. The van der Waals surface area contributed by atoms with Crippen molar-refractivity contribution in [1.29, 1.82) is 0 Å². The Bertz CT molecular complexity index is 436. The molecule has 0 saturated heterocycles. The summed E-state index contributed by atoms with van der Waals surface area (Å²) in [6.45, 7) is 1.08. The van der Waals surface area contributed by atoms with Crippen molar-refractivity contribution in [3.05, 3.63) is 23.8 Å². The van der Waals surface area contributed by atoms with Gasteiger partial charge in [-0.05, 0) is 30.5 Å². The number of hydrogen-bond acceptors (Lipinski definition) is 3. The molecule has 2 rings (SSSR count). The molecule has 0 bridgehead atoms. The number of nitrogens with two attached hydrogens (primary N) is 1. The van der Waals surface area contributed by atoms with Crippen molar-refractivity contribution in [3.8, 4) is 11.5 Å². The van der Waals surface area contributed by atoms with Gasteiger partial charge in [-0.3, -0.25) is 0 Å². The van der Waals surface area contributed by atoms with Crippen molar-refractivity contribution >= 4 is 0 Å². The van der Waals surface area contributed by atoms with Gasteiger partial charge in [0, 0.05) is 20.0 Å². The molecular weight excluding hydrogens is 266 g/mol. The van der Waals surface area contributed by atoms with Gasteiger partial charge in [0.05, 0.1) is 20.8 Å². The molecule has 0 aliphatic heterocycles. The van der Waals surface area contributed by atoms with Crippen LogP contribution in [0.1, 0.15) is 31.2 Å². The van der Waals surface area contributed by atoms with Crippen LogP contribution in [-0.2, 0) is 11.2 Å². The first-order valence-corrected chi connectivity index (χ1v) is 7.85. The molecule has 4 nitrogen and oxygen atoms in total. The van der Waals surface area contributed by atoms with Gasteiger partial charge >= 0.3 is 0 Å². The van der Waals surface area contributed by atoms with Crippen LogP contribution in [0.15, 0.2) is 18.2 Å². The molecule has 0 heterocycles. The van der Waals surface area contributed by atoms with Gasteiger partial charge in [0.2, 0.25) is 0 Å². The highest BCUT2D eigenvalue weighted by atomic mass is 16.5. The third-order valence-corrected chi connectivity index (χ3v) is 4.41. The molecule has 1 aliphatic carbocycles. The summed E-state index contributed by atoms with van der Waals surface area (Å²) < 4.78 is 16.2. The Morgan fingerprint density at radius 3 is 2.52 bits per heavy atom. The Kier molecular flexibility index (Phi) is 6.33. The maximum Gasteiger partial charge on any atom is 0.160 e. The molecule has 1 aromatic carbocycles. The highest BCUT2D eigenvalue weighted by molar-refractivity contribution is 5.42. The van der Waals surface area contributed by atoms with Crippen molar-refractivity contribution in [2.75, 3.05) is 27.9 Å². The third kappa shape index (κ3) is 4.35. The van der Waals surface area contributed by atoms with E-state index >= 15 is 0 Å². The molecule has 118 valence electrons. The van der Waals surface area contributed by atoms with Crippen molar-refractivity contribution < 1.29 is 19.5 Å². The van der Waals surface area contributed by atoms with Crippen LogP contribution in [0.4, 0.5) is 0 Å². The highest BCUT2D eigenvalue weighted by Gasteiger charge is 2.27. The summed E-state index contributed by atoms with van der Waals surface area (Å²) in [4.78, 5) is 0. The summed E-state index contributed by atoms with van der Waals surface area (Å²) >= 11 is 0. The first-order valence-electron chi connectivity index (χ1n) is 7.85. The Hall–Kier alpha value is -1.26. The van der Waals surface area contributed by atoms with E-state index < -0.39 is 0 Å². The summed E-state index contributed by atoms with van der Waals surface area (Å²) in [5.74, 6) is 1.60. The van der Waals surface area contributed by atoms with Crippen molar-refractivity contribution in [1.82, 2.24) is 0 Å². The van der Waals surface area contributed by atoms with Crippen LogP contribution in [0.25, 0.3) is 0 Å². The monoisotopic (exact) mass is 294 g/mol.